The fraction of sp³-hybridized carbons (Fsp3) is 0.460. The summed E-state index contributed by atoms with van der Waals surface area (Å²) in [4.78, 5) is 75.5. The number of amides is 5. The summed E-state index contributed by atoms with van der Waals surface area (Å²) in [5.74, 6) is -0.772. The SMILES string of the molecule is [N-]=[N+]=Nc1ccc(C(=O)NCCCC[C@H](NC(=O)CCCC[C@@H]2SC[C@@H]3NC(=O)N[C@@H]32)C(=O)NCCOCCOCCn2cc(COCC3=C(C(=O)CO)C(c4ccc(F)cc4Cl)N=C(c4ccncc4)N3)nn2)cc1. The zero-order chi connectivity index (χ0) is 53.7. The van der Waals surface area contributed by atoms with Gasteiger partial charge in [-0.2, -0.15) is 11.8 Å². The van der Waals surface area contributed by atoms with Crippen molar-refractivity contribution in [2.75, 3.05) is 58.5 Å². The maximum Gasteiger partial charge on any atom is 0.315 e. The molecule has 5 amide bonds. The number of halogens is 2. The molecule has 26 heteroatoms. The number of nitrogens with zero attached hydrogens (tertiary/aromatic N) is 8. The second-order valence-electron chi connectivity index (χ2n) is 17.8. The average Bonchev–Trinajstić information content (AvgIpc) is 4.15. The lowest BCUT2D eigenvalue weighted by Gasteiger charge is -2.28. The molecule has 5 heterocycles. The highest BCUT2D eigenvalue weighted by atomic mass is 35.5. The number of aromatic nitrogens is 4. The van der Waals surface area contributed by atoms with Crippen LogP contribution in [0, 0.1) is 5.82 Å². The minimum absolute atomic E-state index is 0.0234. The predicted octanol–water partition coefficient (Wildman–Crippen LogP) is 4.49. The predicted molar refractivity (Wildman–Crippen MR) is 279 cm³/mol. The lowest BCUT2D eigenvalue weighted by Crippen LogP contribution is -2.47. The van der Waals surface area contributed by atoms with E-state index in [1.54, 1.807) is 59.7 Å². The van der Waals surface area contributed by atoms with Crippen molar-refractivity contribution in [2.45, 2.75) is 87.5 Å². The number of aliphatic imine (C=N–C) groups is 1. The fourth-order valence-electron chi connectivity index (χ4n) is 8.67. The first kappa shape index (κ1) is 56.7. The highest BCUT2D eigenvalue weighted by molar-refractivity contribution is 8.00. The summed E-state index contributed by atoms with van der Waals surface area (Å²) >= 11 is 8.27. The lowest BCUT2D eigenvalue weighted by molar-refractivity contribution is -0.129. The third kappa shape index (κ3) is 16.8. The first-order chi connectivity index (χ1) is 37.0. The number of carbonyl (C=O) groups excluding carboxylic acids is 5. The average molecular weight is 1090 g/mol. The molecule has 23 nitrogen and oxygen atoms in total. The molecule has 4 aromatic rings. The number of ether oxygens (including phenoxy) is 3. The number of aliphatic hydroxyl groups excluding tert-OH is 1. The zero-order valence-electron chi connectivity index (χ0n) is 41.5. The number of amidine groups is 1. The third-order valence-corrected chi connectivity index (χ3v) is 14.3. The number of carbonyl (C=O) groups is 5. The number of rotatable bonds is 31. The number of unbranched alkanes of at least 4 members (excludes halogenated alkanes) is 2. The van der Waals surface area contributed by atoms with Gasteiger partial charge in [-0.1, -0.05) is 46.5 Å². The number of nitrogens with one attached hydrogen (secondary N) is 6. The van der Waals surface area contributed by atoms with Crippen LogP contribution in [-0.2, 0) is 41.7 Å². The van der Waals surface area contributed by atoms with Gasteiger partial charge in [0.15, 0.2) is 5.78 Å². The van der Waals surface area contributed by atoms with Crippen LogP contribution in [0.1, 0.15) is 78.2 Å². The van der Waals surface area contributed by atoms with Crippen LogP contribution >= 0.6 is 23.4 Å². The first-order valence-electron chi connectivity index (χ1n) is 24.9. The Morgan fingerprint density at radius 3 is 2.54 bits per heavy atom. The maximum atomic E-state index is 14.0. The van der Waals surface area contributed by atoms with E-state index in [-0.39, 0.29) is 97.7 Å². The molecule has 0 spiro atoms. The van der Waals surface area contributed by atoms with Crippen molar-refractivity contribution < 1.29 is 47.7 Å². The summed E-state index contributed by atoms with van der Waals surface area (Å²) in [6.45, 7) is 1.07. The summed E-state index contributed by atoms with van der Waals surface area (Å²) < 4.78 is 33.0. The quantitative estimate of drug-likeness (QED) is 0.0120. The number of hydrogen-bond acceptors (Lipinski definition) is 16. The number of pyridine rings is 1. The monoisotopic (exact) mass is 1090 g/mol. The van der Waals surface area contributed by atoms with Gasteiger partial charge in [0.2, 0.25) is 11.8 Å². The van der Waals surface area contributed by atoms with Crippen LogP contribution in [0.4, 0.5) is 14.9 Å². The van der Waals surface area contributed by atoms with Crippen molar-refractivity contribution in [3.05, 3.63) is 128 Å². The number of Topliss-reactive ketones (excluding diaryl/α,β-unsaturated/α-hetero) is 1. The molecule has 3 aliphatic heterocycles. The standard InChI is InChI=1S/C50H60ClFN14O9S/c51-37-25-33(52)10-13-36(37)45-44(41(68)27-67)39(58-47(60-45)31-14-17-54-18-15-31)29-75-28-35-26-66(65-63-35)20-22-74-24-23-73-21-19-56-49(71)38(5-3-4-16-55-48(70)32-8-11-34(12-9-32)62-64-53)57-43(69)7-2-1-6-42-46-40(30-76-42)59-50(72)61-46/h8-15,17-18,25-26,38,40,42,45-46,67H,1-7,16,19-24,27-30H2,(H,55,70)(H,56,71)(H,57,69)(H,58,60)(H2,59,61,72)/t38-,40-,42-,45?,46-/m0/s1. The number of azide groups is 1. The van der Waals surface area contributed by atoms with Gasteiger partial charge in [-0.05, 0) is 74.0 Å². The summed E-state index contributed by atoms with van der Waals surface area (Å²) in [6, 6.07) is 11.9. The Bertz CT molecular complexity index is 2750. The summed E-state index contributed by atoms with van der Waals surface area (Å²) in [7, 11) is 0. The smallest absolute Gasteiger partial charge is 0.315 e. The Hall–Kier alpha value is -6.99. The second kappa shape index (κ2) is 29.3. The molecule has 1 unspecified atom stereocenters. The van der Waals surface area contributed by atoms with Crippen molar-refractivity contribution >= 4 is 64.4 Å². The zero-order valence-corrected chi connectivity index (χ0v) is 43.1. The molecular formula is C50H60ClFN14O9S. The molecule has 76 heavy (non-hydrogen) atoms. The molecule has 0 radical (unpaired) electrons. The van der Waals surface area contributed by atoms with E-state index >= 15 is 0 Å². The molecular weight excluding hydrogens is 1030 g/mol. The van der Waals surface area contributed by atoms with E-state index in [4.69, 9.17) is 36.3 Å². The number of fused-ring (bicyclic) bond motifs is 1. The van der Waals surface area contributed by atoms with Gasteiger partial charge in [0.1, 0.15) is 36.0 Å². The summed E-state index contributed by atoms with van der Waals surface area (Å²) in [5, 5.41) is 39.8. The van der Waals surface area contributed by atoms with Gasteiger partial charge < -0.3 is 51.2 Å². The van der Waals surface area contributed by atoms with Crippen LogP contribution in [-0.4, -0.2) is 142 Å². The van der Waals surface area contributed by atoms with Crippen molar-refractivity contribution in [1.82, 2.24) is 51.9 Å². The minimum Gasteiger partial charge on any atom is -0.388 e. The normalized spacial score (nSPS) is 18.1. The van der Waals surface area contributed by atoms with Gasteiger partial charge in [-0.15, -0.1) is 5.10 Å². The molecule has 2 saturated heterocycles. The fourth-order valence-corrected chi connectivity index (χ4v) is 10.5. The van der Waals surface area contributed by atoms with E-state index < -0.39 is 30.3 Å². The van der Waals surface area contributed by atoms with Gasteiger partial charge in [-0.3, -0.25) is 29.2 Å². The minimum atomic E-state index is -0.968. The van der Waals surface area contributed by atoms with Gasteiger partial charge in [-0.25, -0.2) is 13.9 Å². The van der Waals surface area contributed by atoms with E-state index in [2.05, 4.69) is 57.2 Å². The van der Waals surface area contributed by atoms with Crippen molar-refractivity contribution in [3.8, 4) is 0 Å². The maximum absolute atomic E-state index is 14.0. The second-order valence-corrected chi connectivity index (χ2v) is 19.5. The van der Waals surface area contributed by atoms with Crippen LogP contribution < -0.4 is 31.9 Å². The first-order valence-corrected chi connectivity index (χ1v) is 26.3. The van der Waals surface area contributed by atoms with Gasteiger partial charge >= 0.3 is 6.03 Å². The van der Waals surface area contributed by atoms with Crippen LogP contribution in [0.5, 0.6) is 0 Å². The molecule has 2 aromatic heterocycles. The molecule has 2 fully saturated rings. The summed E-state index contributed by atoms with van der Waals surface area (Å²) in [5.41, 5.74) is 11.4. The Morgan fingerprint density at radius 1 is 0.961 bits per heavy atom. The lowest BCUT2D eigenvalue weighted by atomic mass is 9.92. The number of thioether (sulfide) groups is 1. The van der Waals surface area contributed by atoms with E-state index in [0.717, 1.165) is 24.7 Å². The Morgan fingerprint density at radius 2 is 1.76 bits per heavy atom. The molecule has 5 atom stereocenters. The molecule has 2 aromatic carbocycles. The highest BCUT2D eigenvalue weighted by Crippen LogP contribution is 2.37. The molecule has 3 aliphatic rings. The van der Waals surface area contributed by atoms with Crippen LogP contribution in [0.3, 0.4) is 0 Å². The van der Waals surface area contributed by atoms with Crippen molar-refractivity contribution in [3.63, 3.8) is 0 Å². The third-order valence-electron chi connectivity index (χ3n) is 12.5. The Balaban J connectivity index is 0.802. The molecule has 7 N–H and O–H groups in total. The Kier molecular flexibility index (Phi) is 21.9. The van der Waals surface area contributed by atoms with Gasteiger partial charge in [0, 0.05) is 80.8 Å². The van der Waals surface area contributed by atoms with Gasteiger partial charge in [0.25, 0.3) is 5.91 Å². The number of hydrogen-bond donors (Lipinski definition) is 7. The largest absolute Gasteiger partial charge is 0.388 e. The van der Waals surface area contributed by atoms with E-state index in [0.29, 0.717) is 85.0 Å². The highest BCUT2D eigenvalue weighted by Gasteiger charge is 2.42. The van der Waals surface area contributed by atoms with Gasteiger partial charge in [0.05, 0.1) is 70.2 Å². The van der Waals surface area contributed by atoms with Crippen molar-refractivity contribution in [1.29, 1.82) is 0 Å². The van der Waals surface area contributed by atoms with Crippen LogP contribution in [0.25, 0.3) is 10.4 Å². The van der Waals surface area contributed by atoms with Crippen molar-refractivity contribution in [2.24, 2.45) is 10.1 Å². The molecule has 0 bridgehead atoms. The molecule has 0 saturated carbocycles. The molecule has 404 valence electrons. The molecule has 7 rings (SSSR count). The number of ketones is 1. The van der Waals surface area contributed by atoms with E-state index in [1.165, 1.54) is 12.1 Å². The van der Waals surface area contributed by atoms with E-state index in [1.807, 2.05) is 11.8 Å². The Labute approximate surface area is 446 Å². The van der Waals surface area contributed by atoms with Crippen LogP contribution in [0.2, 0.25) is 5.02 Å². The topological polar surface area (TPSA) is 310 Å². The summed E-state index contributed by atoms with van der Waals surface area (Å²) in [6.07, 6.45) is 8.89. The number of aliphatic hydroxyl groups is 1. The van der Waals surface area contributed by atoms with E-state index in [9.17, 15) is 33.5 Å². The number of urea groups is 1. The molecule has 0 aliphatic carbocycles. The number of benzene rings is 2. The van der Waals surface area contributed by atoms with Crippen LogP contribution in [0.15, 0.2) is 94.6 Å².